The van der Waals surface area contributed by atoms with Gasteiger partial charge in [0.2, 0.25) is 5.91 Å². The summed E-state index contributed by atoms with van der Waals surface area (Å²) in [6.45, 7) is 11.9. The van der Waals surface area contributed by atoms with Crippen LogP contribution >= 0.6 is 22.9 Å². The summed E-state index contributed by atoms with van der Waals surface area (Å²) in [5.74, 6) is 9.05. The quantitative estimate of drug-likeness (QED) is 0.0665. The maximum absolute atomic E-state index is 14.0. The number of aromatic nitrogens is 5. The monoisotopic (exact) mass is 1070 g/mol. The first kappa shape index (κ1) is 53.4. The van der Waals surface area contributed by atoms with Crippen LogP contribution in [0.1, 0.15) is 89.3 Å². The molecule has 9 rings (SSSR count). The molecule has 394 valence electrons. The summed E-state index contributed by atoms with van der Waals surface area (Å²) in [7, 11) is 1.52. The Morgan fingerprint density at radius 2 is 1.68 bits per heavy atom. The van der Waals surface area contributed by atoms with Gasteiger partial charge in [0.05, 0.1) is 54.2 Å². The molecule has 2 N–H and O–H groups in total. The molecule has 6 heterocycles. The van der Waals surface area contributed by atoms with Crippen molar-refractivity contribution in [2.75, 3.05) is 51.8 Å². The number of aryl methyl sites for hydroxylation is 2. The van der Waals surface area contributed by atoms with Crippen LogP contribution < -0.4 is 24.8 Å². The van der Waals surface area contributed by atoms with Gasteiger partial charge in [0.15, 0.2) is 5.82 Å². The Labute approximate surface area is 448 Å². The molecule has 2 aliphatic heterocycles. The molecular formula is C57H58ClF3N10O4S. The van der Waals surface area contributed by atoms with Crippen molar-refractivity contribution in [3.05, 3.63) is 140 Å². The van der Waals surface area contributed by atoms with E-state index in [0.717, 1.165) is 71.4 Å². The Kier molecular flexibility index (Phi) is 16.1. The minimum absolute atomic E-state index is 0.0733. The van der Waals surface area contributed by atoms with Gasteiger partial charge in [0.25, 0.3) is 0 Å². The molecule has 0 aliphatic carbocycles. The second kappa shape index (κ2) is 22.8. The molecule has 0 bridgehead atoms. The van der Waals surface area contributed by atoms with E-state index in [1.54, 1.807) is 55.6 Å². The zero-order valence-electron chi connectivity index (χ0n) is 43.1. The first-order valence-corrected chi connectivity index (χ1v) is 26.3. The number of pyridine rings is 1. The van der Waals surface area contributed by atoms with Gasteiger partial charge in [0, 0.05) is 82.0 Å². The second-order valence-electron chi connectivity index (χ2n) is 19.5. The number of rotatable bonds is 17. The highest BCUT2D eigenvalue weighted by Gasteiger charge is 2.33. The molecule has 19 heteroatoms. The molecule has 76 heavy (non-hydrogen) atoms. The van der Waals surface area contributed by atoms with E-state index in [1.807, 2.05) is 66.1 Å². The molecule has 1 amide bonds. The van der Waals surface area contributed by atoms with E-state index in [0.29, 0.717) is 63.4 Å². The number of methoxy groups -OCH3 is 1. The minimum Gasteiger partial charge on any atom is -0.496 e. The smallest absolute Gasteiger partial charge is 0.406 e. The van der Waals surface area contributed by atoms with E-state index in [-0.39, 0.29) is 37.1 Å². The first-order valence-electron chi connectivity index (χ1n) is 25.1. The molecule has 14 nitrogen and oxygen atoms in total. The van der Waals surface area contributed by atoms with Crippen LogP contribution in [0.25, 0.3) is 15.9 Å². The van der Waals surface area contributed by atoms with E-state index in [1.165, 1.54) is 16.6 Å². The Hall–Kier alpha value is -7.38. The number of piperidine rings is 1. The Morgan fingerprint density at radius 3 is 2.38 bits per heavy atom. The van der Waals surface area contributed by atoms with Crippen molar-refractivity contribution in [3.63, 3.8) is 0 Å². The van der Waals surface area contributed by atoms with Crippen LogP contribution in [0.4, 0.5) is 18.9 Å². The molecule has 1 atom stereocenters. The van der Waals surface area contributed by atoms with Crippen molar-refractivity contribution in [2.45, 2.75) is 90.5 Å². The second-order valence-corrected chi connectivity index (χ2v) is 21.1. The summed E-state index contributed by atoms with van der Waals surface area (Å²) in [6, 6.07) is 25.6. The SMILES string of the molecule is COc1cc(C(C)(C)C#N)ncc1CC#Cc1cc2c(NC3CCN(CCOc4ccc(OCCNC(=O)C[C@@H]5N=C(c6ccc(Cl)cc6)c6c(sc(C)c6C)-n6c(C)nnc65)cc4)CC3)cccc2n1CC(F)(F)F. The molecule has 0 spiro atoms. The molecule has 0 saturated carbocycles. The van der Waals surface area contributed by atoms with Crippen LogP contribution in [0.15, 0.2) is 90.1 Å². The Morgan fingerprint density at radius 1 is 0.961 bits per heavy atom. The van der Waals surface area contributed by atoms with Gasteiger partial charge in [-0.15, -0.1) is 21.5 Å². The van der Waals surface area contributed by atoms with Crippen LogP contribution in [-0.2, 0) is 23.2 Å². The molecule has 2 aliphatic rings. The fraction of sp³-hybridized carbons (Fsp3) is 0.368. The summed E-state index contributed by atoms with van der Waals surface area (Å²) in [5.41, 5.74) is 5.67. The molecule has 3 aromatic carbocycles. The van der Waals surface area contributed by atoms with Gasteiger partial charge in [-0.05, 0) is 114 Å². The van der Waals surface area contributed by atoms with Gasteiger partial charge in [-0.2, -0.15) is 18.4 Å². The number of carbonyl (C=O) groups is 1. The number of fused-ring (bicyclic) bond motifs is 4. The van der Waals surface area contributed by atoms with E-state index in [9.17, 15) is 23.2 Å². The summed E-state index contributed by atoms with van der Waals surface area (Å²) in [6.07, 6.45) is -0.908. The van der Waals surface area contributed by atoms with Crippen molar-refractivity contribution >= 4 is 51.1 Å². The third-order valence-electron chi connectivity index (χ3n) is 13.7. The number of halogens is 4. The number of carbonyl (C=O) groups excluding carboxylic acids is 1. The van der Waals surface area contributed by atoms with Crippen LogP contribution in [0.5, 0.6) is 17.2 Å². The van der Waals surface area contributed by atoms with Gasteiger partial charge in [-0.1, -0.05) is 35.7 Å². The van der Waals surface area contributed by atoms with Crippen molar-refractivity contribution in [1.82, 2.24) is 34.5 Å². The average molecular weight is 1070 g/mol. The van der Waals surface area contributed by atoms with Crippen LogP contribution in [0, 0.1) is 43.9 Å². The summed E-state index contributed by atoms with van der Waals surface area (Å²) in [5, 5.41) is 27.3. The lowest BCUT2D eigenvalue weighted by atomic mass is 9.90. The number of nitrogens with one attached hydrogen (secondary N) is 2. The van der Waals surface area contributed by atoms with E-state index in [4.69, 9.17) is 30.8 Å². The van der Waals surface area contributed by atoms with Crippen molar-refractivity contribution in [2.24, 2.45) is 4.99 Å². The minimum atomic E-state index is -4.46. The van der Waals surface area contributed by atoms with Gasteiger partial charge in [-0.25, -0.2) is 0 Å². The van der Waals surface area contributed by atoms with E-state index < -0.39 is 24.2 Å². The third kappa shape index (κ3) is 12.2. The van der Waals surface area contributed by atoms with Crippen LogP contribution in [-0.4, -0.2) is 99.6 Å². The number of aliphatic imine (C=N–C) groups is 1. The summed E-state index contributed by atoms with van der Waals surface area (Å²) < 4.78 is 62.7. The maximum atomic E-state index is 14.0. The number of anilines is 1. The molecule has 1 saturated heterocycles. The number of hydrogen-bond acceptors (Lipinski definition) is 12. The number of nitrogens with zero attached hydrogens (tertiary/aromatic N) is 8. The molecule has 1 fully saturated rings. The number of nitriles is 1. The van der Waals surface area contributed by atoms with Crippen molar-refractivity contribution < 1.29 is 32.2 Å². The number of benzene rings is 3. The number of alkyl halides is 3. The summed E-state index contributed by atoms with van der Waals surface area (Å²) in [4.78, 5) is 26.6. The highest BCUT2D eigenvalue weighted by Crippen LogP contribution is 2.40. The topological polar surface area (TPSA) is 157 Å². The normalized spacial score (nSPS) is 14.9. The zero-order valence-corrected chi connectivity index (χ0v) is 44.7. The number of ether oxygens (including phenoxy) is 3. The fourth-order valence-electron chi connectivity index (χ4n) is 9.47. The molecule has 4 aromatic heterocycles. The Bertz CT molecular complexity index is 3380. The number of thiophene rings is 1. The summed E-state index contributed by atoms with van der Waals surface area (Å²) >= 11 is 7.92. The number of amides is 1. The maximum Gasteiger partial charge on any atom is 0.406 e. The predicted octanol–water partition coefficient (Wildman–Crippen LogP) is 10.7. The average Bonchev–Trinajstić information content (AvgIpc) is 4.13. The molecular weight excluding hydrogens is 1010 g/mol. The van der Waals surface area contributed by atoms with Gasteiger partial charge >= 0.3 is 6.18 Å². The largest absolute Gasteiger partial charge is 0.496 e. The zero-order chi connectivity index (χ0) is 53.7. The lowest BCUT2D eigenvalue weighted by molar-refractivity contribution is -0.140. The molecule has 0 radical (unpaired) electrons. The van der Waals surface area contributed by atoms with Crippen molar-refractivity contribution in [3.8, 4) is 40.2 Å². The van der Waals surface area contributed by atoms with Crippen molar-refractivity contribution in [1.29, 1.82) is 5.26 Å². The van der Waals surface area contributed by atoms with Gasteiger partial charge in [0.1, 0.15) is 53.9 Å². The number of hydrogen-bond donors (Lipinski definition) is 2. The van der Waals surface area contributed by atoms with Crippen LogP contribution in [0.2, 0.25) is 5.02 Å². The van der Waals surface area contributed by atoms with E-state index in [2.05, 4.69) is 62.5 Å². The molecule has 0 unspecified atom stereocenters. The first-order chi connectivity index (χ1) is 36.5. The standard InChI is InChI=1S/C57H58ClF3N10O4S/c1-35-36(2)76-55-52(35)53(38-13-15-40(58)16-14-38)66-47(54-68-67-37(3)71(54)55)30-51(72)63-23-27-74-43-17-19-44(20-18-43)75-28-26-69-24-21-41(22-25-69)65-46-11-8-12-48-45(46)29-42(70(48)34-57(59,60)61)10-7-9-39-32-64-50(31-49(39)73-6)56(4,5)33-62/h8,11-20,29,31-32,41,47,65H,9,21-28,30,34H2,1-6H3,(H,63,72)/t47-/m0/s1. The Balaban J connectivity index is 0.734. The van der Waals surface area contributed by atoms with Gasteiger partial charge in [-0.3, -0.25) is 24.2 Å². The van der Waals surface area contributed by atoms with E-state index >= 15 is 0 Å². The highest BCUT2D eigenvalue weighted by atomic mass is 35.5. The molecule has 7 aromatic rings. The lowest BCUT2D eigenvalue weighted by Crippen LogP contribution is -2.40. The third-order valence-corrected chi connectivity index (χ3v) is 15.2. The number of likely N-dealkylation sites (tertiary alicyclic amines) is 1. The fourth-order valence-corrected chi connectivity index (χ4v) is 10.8. The lowest BCUT2D eigenvalue weighted by Gasteiger charge is -2.32. The van der Waals surface area contributed by atoms with Gasteiger partial charge < -0.3 is 29.4 Å². The predicted molar refractivity (Wildman–Crippen MR) is 289 cm³/mol. The van der Waals surface area contributed by atoms with Crippen LogP contribution in [0.3, 0.4) is 0 Å². The highest BCUT2D eigenvalue weighted by molar-refractivity contribution is 7.15.